The van der Waals surface area contributed by atoms with Gasteiger partial charge in [-0.3, -0.25) is 9.79 Å². The van der Waals surface area contributed by atoms with Crippen molar-refractivity contribution in [2.45, 2.75) is 51.9 Å². The van der Waals surface area contributed by atoms with Gasteiger partial charge in [-0.25, -0.2) is 0 Å². The molecule has 0 atom stereocenters. The number of halogens is 1. The third-order valence-corrected chi connectivity index (χ3v) is 4.47. The van der Waals surface area contributed by atoms with Gasteiger partial charge in [-0.1, -0.05) is 32.6 Å². The highest BCUT2D eigenvalue weighted by atomic mass is 127. The van der Waals surface area contributed by atoms with E-state index in [-0.39, 0.29) is 35.8 Å². The van der Waals surface area contributed by atoms with E-state index in [2.05, 4.69) is 27.9 Å². The van der Waals surface area contributed by atoms with Crippen molar-refractivity contribution in [2.24, 2.45) is 10.9 Å². The number of carbonyl (C=O) groups is 1. The summed E-state index contributed by atoms with van der Waals surface area (Å²) in [7, 11) is 1.73. The summed E-state index contributed by atoms with van der Waals surface area (Å²) >= 11 is 0. The molecule has 1 rings (SSSR count). The summed E-state index contributed by atoms with van der Waals surface area (Å²) in [6.45, 7) is 6.78. The van der Waals surface area contributed by atoms with Gasteiger partial charge in [0, 0.05) is 39.2 Å². The number of nitrogens with one attached hydrogen (secondary N) is 3. The molecule has 0 aromatic heterocycles. The topological polar surface area (TPSA) is 84.0 Å². The van der Waals surface area contributed by atoms with E-state index in [1.165, 1.54) is 19.3 Å². The van der Waals surface area contributed by atoms with Crippen molar-refractivity contribution in [1.29, 1.82) is 0 Å². The summed E-state index contributed by atoms with van der Waals surface area (Å²) in [5, 5.41) is 9.40. The molecule has 1 aliphatic carbocycles. The third-order valence-electron chi connectivity index (χ3n) is 4.47. The lowest BCUT2D eigenvalue weighted by molar-refractivity contribution is -0.125. The maximum absolute atomic E-state index is 12.1. The van der Waals surface area contributed by atoms with E-state index in [1.807, 2.05) is 0 Å². The monoisotopic (exact) mass is 498 g/mol. The molecule has 0 unspecified atom stereocenters. The highest BCUT2D eigenvalue weighted by Gasteiger charge is 2.20. The van der Waals surface area contributed by atoms with Crippen molar-refractivity contribution >= 4 is 35.8 Å². The normalized spacial score (nSPS) is 15.1. The van der Waals surface area contributed by atoms with Crippen molar-refractivity contribution in [3.8, 4) is 0 Å². The molecular formula is C19H39IN4O3. The smallest absolute Gasteiger partial charge is 0.223 e. The SMILES string of the molecule is CCCCOCCOCCNC(=NC)NCCNC(=O)C1CCCCC1.I. The number of unbranched alkanes of at least 4 members (excludes halogenated alkanes) is 1. The first kappa shape index (κ1) is 26.4. The molecule has 7 nitrogen and oxygen atoms in total. The number of nitrogens with zero attached hydrogens (tertiary/aromatic N) is 1. The van der Waals surface area contributed by atoms with Gasteiger partial charge in [0.2, 0.25) is 5.91 Å². The maximum Gasteiger partial charge on any atom is 0.223 e. The number of amides is 1. The Morgan fingerprint density at radius 1 is 0.926 bits per heavy atom. The molecule has 0 aromatic carbocycles. The van der Waals surface area contributed by atoms with Gasteiger partial charge in [0.05, 0.1) is 19.8 Å². The van der Waals surface area contributed by atoms with Crippen LogP contribution >= 0.6 is 24.0 Å². The van der Waals surface area contributed by atoms with E-state index in [0.29, 0.717) is 39.5 Å². The predicted octanol–water partition coefficient (Wildman–Crippen LogP) is 2.30. The Balaban J connectivity index is 0.00000676. The van der Waals surface area contributed by atoms with Crippen molar-refractivity contribution in [1.82, 2.24) is 16.0 Å². The van der Waals surface area contributed by atoms with Crippen LogP contribution < -0.4 is 16.0 Å². The number of hydrogen-bond acceptors (Lipinski definition) is 4. The van der Waals surface area contributed by atoms with Crippen LogP contribution in [-0.2, 0) is 14.3 Å². The van der Waals surface area contributed by atoms with E-state index in [4.69, 9.17) is 9.47 Å². The molecule has 0 bridgehead atoms. The van der Waals surface area contributed by atoms with Crippen LogP contribution in [0.5, 0.6) is 0 Å². The molecule has 0 saturated heterocycles. The Labute approximate surface area is 181 Å². The average Bonchev–Trinajstić information content (AvgIpc) is 2.68. The van der Waals surface area contributed by atoms with Gasteiger partial charge in [-0.2, -0.15) is 0 Å². The first-order valence-corrected chi connectivity index (χ1v) is 10.2. The van der Waals surface area contributed by atoms with Crippen LogP contribution in [0, 0.1) is 5.92 Å². The Kier molecular flexibility index (Phi) is 18.3. The zero-order valence-electron chi connectivity index (χ0n) is 17.1. The Bertz CT molecular complexity index is 391. The summed E-state index contributed by atoms with van der Waals surface area (Å²) < 4.78 is 10.9. The van der Waals surface area contributed by atoms with Gasteiger partial charge in [0.25, 0.3) is 0 Å². The van der Waals surface area contributed by atoms with Gasteiger partial charge in [-0.05, 0) is 19.3 Å². The van der Waals surface area contributed by atoms with Gasteiger partial charge in [0.1, 0.15) is 0 Å². The average molecular weight is 498 g/mol. The van der Waals surface area contributed by atoms with Crippen molar-refractivity contribution in [2.75, 3.05) is 53.1 Å². The van der Waals surface area contributed by atoms with Crippen LogP contribution in [0.4, 0.5) is 0 Å². The molecule has 8 heteroatoms. The third kappa shape index (κ3) is 14.1. The van der Waals surface area contributed by atoms with E-state index >= 15 is 0 Å². The van der Waals surface area contributed by atoms with Crippen LogP contribution in [0.2, 0.25) is 0 Å². The molecule has 0 spiro atoms. The molecule has 1 saturated carbocycles. The zero-order chi connectivity index (χ0) is 18.9. The number of hydrogen-bond donors (Lipinski definition) is 3. The van der Waals surface area contributed by atoms with Crippen LogP contribution in [0.15, 0.2) is 4.99 Å². The molecule has 1 fully saturated rings. The summed E-state index contributed by atoms with van der Waals surface area (Å²) in [4.78, 5) is 16.2. The second kappa shape index (κ2) is 18.7. The largest absolute Gasteiger partial charge is 0.379 e. The van der Waals surface area contributed by atoms with Gasteiger partial charge < -0.3 is 25.4 Å². The van der Waals surface area contributed by atoms with Gasteiger partial charge in [0.15, 0.2) is 5.96 Å². The zero-order valence-corrected chi connectivity index (χ0v) is 19.4. The second-order valence-corrected chi connectivity index (χ2v) is 6.63. The maximum atomic E-state index is 12.1. The molecule has 3 N–H and O–H groups in total. The number of aliphatic imine (C=N–C) groups is 1. The minimum atomic E-state index is 0. The highest BCUT2D eigenvalue weighted by molar-refractivity contribution is 14.0. The lowest BCUT2D eigenvalue weighted by atomic mass is 9.89. The fraction of sp³-hybridized carbons (Fsp3) is 0.895. The fourth-order valence-electron chi connectivity index (χ4n) is 2.91. The van der Waals surface area contributed by atoms with E-state index < -0.39 is 0 Å². The van der Waals surface area contributed by atoms with Gasteiger partial charge in [-0.15, -0.1) is 24.0 Å². The summed E-state index contributed by atoms with van der Waals surface area (Å²) in [6, 6.07) is 0. The Morgan fingerprint density at radius 2 is 1.56 bits per heavy atom. The number of carbonyl (C=O) groups excluding carboxylic acids is 1. The Hall–Kier alpha value is -0.610. The highest BCUT2D eigenvalue weighted by Crippen LogP contribution is 2.23. The molecule has 0 aromatic rings. The minimum Gasteiger partial charge on any atom is -0.379 e. The van der Waals surface area contributed by atoms with Crippen LogP contribution in [0.25, 0.3) is 0 Å². The van der Waals surface area contributed by atoms with E-state index in [0.717, 1.165) is 38.2 Å². The van der Waals surface area contributed by atoms with Crippen molar-refractivity contribution < 1.29 is 14.3 Å². The van der Waals surface area contributed by atoms with E-state index in [9.17, 15) is 4.79 Å². The molecule has 1 aliphatic rings. The first-order valence-electron chi connectivity index (χ1n) is 10.2. The summed E-state index contributed by atoms with van der Waals surface area (Å²) in [5.41, 5.74) is 0. The number of ether oxygens (including phenoxy) is 2. The summed E-state index contributed by atoms with van der Waals surface area (Å²) in [6.07, 6.45) is 7.95. The van der Waals surface area contributed by atoms with E-state index in [1.54, 1.807) is 7.05 Å². The molecule has 0 aliphatic heterocycles. The molecular weight excluding hydrogens is 459 g/mol. The quantitative estimate of drug-likeness (QED) is 0.157. The lowest BCUT2D eigenvalue weighted by Gasteiger charge is -2.21. The molecule has 1 amide bonds. The standard InChI is InChI=1S/C19H38N4O3.HI/c1-3-4-13-25-15-16-26-14-12-23-19(20-2)22-11-10-21-18(24)17-8-6-5-7-9-17;/h17H,3-16H2,1-2H3,(H,21,24)(H2,20,22,23);1H. The Morgan fingerprint density at radius 3 is 2.22 bits per heavy atom. The van der Waals surface area contributed by atoms with Crippen LogP contribution in [0.3, 0.4) is 0 Å². The fourth-order valence-corrected chi connectivity index (χ4v) is 2.91. The van der Waals surface area contributed by atoms with Crippen LogP contribution in [-0.4, -0.2) is 65.0 Å². The molecule has 160 valence electrons. The van der Waals surface area contributed by atoms with Crippen molar-refractivity contribution in [3.63, 3.8) is 0 Å². The first-order chi connectivity index (χ1) is 12.8. The van der Waals surface area contributed by atoms with Crippen molar-refractivity contribution in [3.05, 3.63) is 0 Å². The lowest BCUT2D eigenvalue weighted by Crippen LogP contribution is -2.43. The number of guanidine groups is 1. The second-order valence-electron chi connectivity index (χ2n) is 6.63. The molecule has 0 radical (unpaired) electrons. The summed E-state index contributed by atoms with van der Waals surface area (Å²) in [5.74, 6) is 1.13. The minimum absolute atomic E-state index is 0. The van der Waals surface area contributed by atoms with Crippen LogP contribution in [0.1, 0.15) is 51.9 Å². The number of rotatable bonds is 13. The predicted molar refractivity (Wildman–Crippen MR) is 121 cm³/mol. The van der Waals surface area contributed by atoms with Gasteiger partial charge >= 0.3 is 0 Å². The molecule has 27 heavy (non-hydrogen) atoms. The molecule has 0 heterocycles.